The average molecular weight is 492 g/mol. The molecule has 7 nitrogen and oxygen atoms in total. The van der Waals surface area contributed by atoms with Crippen LogP contribution in [0, 0.1) is 11.6 Å². The van der Waals surface area contributed by atoms with Gasteiger partial charge in [-0.3, -0.25) is 4.72 Å². The van der Waals surface area contributed by atoms with Gasteiger partial charge in [0.25, 0.3) is 10.0 Å². The SMILES string of the molecule is CS(=O)(=O)Nc1ccc(C2=NN(S(=O)(=O)c3cccc(F)c3)[C@@H](c3cccc(F)c3)C2)cc1. The molecule has 3 aromatic rings. The van der Waals surface area contributed by atoms with Gasteiger partial charge in [-0.1, -0.05) is 30.3 Å². The Morgan fingerprint density at radius 1 is 0.909 bits per heavy atom. The topological polar surface area (TPSA) is 95.9 Å². The van der Waals surface area contributed by atoms with Crippen LogP contribution in [0.1, 0.15) is 23.6 Å². The quantitative estimate of drug-likeness (QED) is 0.566. The van der Waals surface area contributed by atoms with Crippen LogP contribution in [-0.4, -0.2) is 33.2 Å². The van der Waals surface area contributed by atoms with Gasteiger partial charge in [-0.05, 0) is 53.6 Å². The van der Waals surface area contributed by atoms with E-state index in [4.69, 9.17) is 0 Å². The number of halogens is 2. The van der Waals surface area contributed by atoms with Crippen molar-refractivity contribution >= 4 is 31.4 Å². The van der Waals surface area contributed by atoms with Crippen LogP contribution in [0.5, 0.6) is 0 Å². The zero-order chi connectivity index (χ0) is 23.8. The maximum Gasteiger partial charge on any atom is 0.279 e. The fourth-order valence-electron chi connectivity index (χ4n) is 3.53. The number of sulfonamides is 2. The molecule has 1 heterocycles. The van der Waals surface area contributed by atoms with Gasteiger partial charge in [0.15, 0.2) is 0 Å². The Balaban J connectivity index is 1.75. The fraction of sp³-hybridized carbons (Fsp3) is 0.136. The largest absolute Gasteiger partial charge is 0.284 e. The number of anilines is 1. The Morgan fingerprint density at radius 3 is 2.15 bits per heavy atom. The van der Waals surface area contributed by atoms with Gasteiger partial charge in [0.05, 0.1) is 22.9 Å². The minimum atomic E-state index is -4.25. The van der Waals surface area contributed by atoms with E-state index in [9.17, 15) is 25.6 Å². The first kappa shape index (κ1) is 22.9. The summed E-state index contributed by atoms with van der Waals surface area (Å²) in [5.41, 5.74) is 1.69. The minimum Gasteiger partial charge on any atom is -0.284 e. The Hall–Kier alpha value is -3.31. The molecule has 3 aromatic carbocycles. The van der Waals surface area contributed by atoms with E-state index in [1.54, 1.807) is 18.2 Å². The predicted octanol–water partition coefficient (Wildman–Crippen LogP) is 3.88. The van der Waals surface area contributed by atoms with Crippen molar-refractivity contribution in [3.8, 4) is 0 Å². The van der Waals surface area contributed by atoms with Crippen molar-refractivity contribution in [2.45, 2.75) is 17.4 Å². The molecule has 0 bridgehead atoms. The summed E-state index contributed by atoms with van der Waals surface area (Å²) in [5.74, 6) is -1.24. The standard InChI is InChI=1S/C22H19F2N3O4S2/c1-32(28,29)26-19-10-8-15(9-11-19)21-14-22(16-4-2-5-17(23)12-16)27(25-21)33(30,31)20-7-3-6-18(24)13-20/h2-13,22,26H,14H2,1H3/t22-/m1/s1. The molecule has 11 heteroatoms. The van der Waals surface area contributed by atoms with E-state index in [-0.39, 0.29) is 11.3 Å². The summed E-state index contributed by atoms with van der Waals surface area (Å²) in [7, 11) is -7.71. The minimum absolute atomic E-state index is 0.136. The number of benzene rings is 3. The van der Waals surface area contributed by atoms with E-state index in [0.717, 1.165) is 22.8 Å². The van der Waals surface area contributed by atoms with Gasteiger partial charge < -0.3 is 0 Å². The lowest BCUT2D eigenvalue weighted by Gasteiger charge is -2.23. The molecular formula is C22H19F2N3O4S2. The van der Waals surface area contributed by atoms with Crippen molar-refractivity contribution < 1.29 is 25.6 Å². The molecule has 0 unspecified atom stereocenters. The maximum absolute atomic E-state index is 13.9. The molecule has 0 aromatic heterocycles. The van der Waals surface area contributed by atoms with Crippen molar-refractivity contribution in [3.05, 3.63) is 95.6 Å². The van der Waals surface area contributed by atoms with Gasteiger partial charge in [-0.15, -0.1) is 0 Å². The van der Waals surface area contributed by atoms with Crippen LogP contribution in [0.15, 0.2) is 82.8 Å². The molecule has 33 heavy (non-hydrogen) atoms. The molecule has 0 saturated heterocycles. The molecule has 0 fully saturated rings. The van der Waals surface area contributed by atoms with Crippen LogP contribution >= 0.6 is 0 Å². The normalized spacial score (nSPS) is 16.5. The molecule has 1 aliphatic rings. The van der Waals surface area contributed by atoms with E-state index in [0.29, 0.717) is 22.5 Å². The average Bonchev–Trinajstić information content (AvgIpc) is 3.20. The molecule has 0 saturated carbocycles. The Bertz CT molecular complexity index is 1440. The first-order valence-electron chi connectivity index (χ1n) is 9.74. The molecule has 1 N–H and O–H groups in total. The van der Waals surface area contributed by atoms with Crippen LogP contribution < -0.4 is 4.72 Å². The second-order valence-electron chi connectivity index (χ2n) is 7.51. The van der Waals surface area contributed by atoms with Crippen LogP contribution in [0.2, 0.25) is 0 Å². The van der Waals surface area contributed by atoms with Gasteiger partial charge in [-0.2, -0.15) is 17.9 Å². The van der Waals surface area contributed by atoms with Crippen LogP contribution in [0.25, 0.3) is 0 Å². The van der Waals surface area contributed by atoms with E-state index >= 15 is 0 Å². The lowest BCUT2D eigenvalue weighted by atomic mass is 9.99. The summed E-state index contributed by atoms with van der Waals surface area (Å²) < 4.78 is 80.3. The molecule has 4 rings (SSSR count). The highest BCUT2D eigenvalue weighted by atomic mass is 32.2. The first-order chi connectivity index (χ1) is 15.5. The van der Waals surface area contributed by atoms with Crippen molar-refractivity contribution in [2.24, 2.45) is 5.10 Å². The highest BCUT2D eigenvalue weighted by molar-refractivity contribution is 7.92. The molecular weight excluding hydrogens is 472 g/mol. The first-order valence-corrected chi connectivity index (χ1v) is 13.1. The summed E-state index contributed by atoms with van der Waals surface area (Å²) in [6.45, 7) is 0. The second-order valence-corrected chi connectivity index (χ2v) is 11.1. The summed E-state index contributed by atoms with van der Waals surface area (Å²) in [5, 5.41) is 4.31. The summed E-state index contributed by atoms with van der Waals surface area (Å²) in [4.78, 5) is -0.276. The summed E-state index contributed by atoms with van der Waals surface area (Å²) in [6.07, 6.45) is 1.16. The number of hydrogen-bond donors (Lipinski definition) is 1. The van der Waals surface area contributed by atoms with E-state index in [1.807, 2.05) is 0 Å². The van der Waals surface area contributed by atoms with E-state index < -0.39 is 37.7 Å². The highest BCUT2D eigenvalue weighted by Crippen LogP contribution is 2.37. The zero-order valence-corrected chi connectivity index (χ0v) is 18.9. The maximum atomic E-state index is 13.9. The third-order valence-electron chi connectivity index (χ3n) is 4.97. The molecule has 0 radical (unpaired) electrons. The van der Waals surface area contributed by atoms with Gasteiger partial charge in [0, 0.05) is 12.1 Å². The van der Waals surface area contributed by atoms with Crippen LogP contribution in [0.3, 0.4) is 0 Å². The summed E-state index contributed by atoms with van der Waals surface area (Å²) >= 11 is 0. The zero-order valence-electron chi connectivity index (χ0n) is 17.3. The fourth-order valence-corrected chi connectivity index (χ4v) is 5.56. The van der Waals surface area contributed by atoms with Gasteiger partial charge >= 0.3 is 0 Å². The lowest BCUT2D eigenvalue weighted by molar-refractivity contribution is 0.370. The van der Waals surface area contributed by atoms with Crippen LogP contribution in [0.4, 0.5) is 14.5 Å². The monoisotopic (exact) mass is 491 g/mol. The van der Waals surface area contributed by atoms with Crippen molar-refractivity contribution in [1.82, 2.24) is 4.41 Å². The molecule has 1 atom stereocenters. The Kier molecular flexibility index (Phi) is 5.93. The Morgan fingerprint density at radius 2 is 1.55 bits per heavy atom. The van der Waals surface area contributed by atoms with Crippen molar-refractivity contribution in [1.29, 1.82) is 0 Å². The van der Waals surface area contributed by atoms with Crippen molar-refractivity contribution in [3.63, 3.8) is 0 Å². The van der Waals surface area contributed by atoms with Gasteiger partial charge in [-0.25, -0.2) is 17.2 Å². The van der Waals surface area contributed by atoms with Crippen LogP contribution in [-0.2, 0) is 20.0 Å². The molecule has 0 amide bonds. The second kappa shape index (κ2) is 8.56. The number of nitrogens with zero attached hydrogens (tertiary/aromatic N) is 2. The number of nitrogens with one attached hydrogen (secondary N) is 1. The van der Waals surface area contributed by atoms with Crippen molar-refractivity contribution in [2.75, 3.05) is 11.0 Å². The lowest BCUT2D eigenvalue weighted by Crippen LogP contribution is -2.27. The smallest absolute Gasteiger partial charge is 0.279 e. The summed E-state index contributed by atoms with van der Waals surface area (Å²) in [6, 6.07) is 15.5. The molecule has 1 aliphatic heterocycles. The van der Waals surface area contributed by atoms with Gasteiger partial charge in [0.1, 0.15) is 11.6 Å². The van der Waals surface area contributed by atoms with Gasteiger partial charge in [0.2, 0.25) is 10.0 Å². The predicted molar refractivity (Wildman–Crippen MR) is 121 cm³/mol. The van der Waals surface area contributed by atoms with E-state index in [2.05, 4.69) is 9.82 Å². The third kappa shape index (κ3) is 5.04. The molecule has 172 valence electrons. The number of hydrogen-bond acceptors (Lipinski definition) is 5. The number of hydrazone groups is 1. The van der Waals surface area contributed by atoms with E-state index in [1.165, 1.54) is 42.5 Å². The molecule has 0 spiro atoms. The Labute approximate surface area is 190 Å². The third-order valence-corrected chi connectivity index (χ3v) is 7.25. The number of rotatable bonds is 6. The molecule has 0 aliphatic carbocycles. The highest BCUT2D eigenvalue weighted by Gasteiger charge is 2.38.